The maximum absolute atomic E-state index is 14.0. The summed E-state index contributed by atoms with van der Waals surface area (Å²) in [5, 5.41) is 8.55. The normalized spacial score (nSPS) is 11.8. The summed E-state index contributed by atoms with van der Waals surface area (Å²) >= 11 is 0. The monoisotopic (exact) mass is 388 g/mol. The predicted molar refractivity (Wildman–Crippen MR) is 105 cm³/mol. The van der Waals surface area contributed by atoms with Crippen molar-refractivity contribution in [2.75, 3.05) is 18.9 Å². The second-order valence-electron chi connectivity index (χ2n) is 6.48. The van der Waals surface area contributed by atoms with Crippen molar-refractivity contribution in [1.29, 1.82) is 0 Å². The Labute approximate surface area is 163 Å². The van der Waals surface area contributed by atoms with Crippen molar-refractivity contribution < 1.29 is 14.0 Å². The van der Waals surface area contributed by atoms with Crippen LogP contribution >= 0.6 is 0 Å². The number of hydrogen-bond acceptors (Lipinski definition) is 6. The molecule has 0 aliphatic heterocycles. The molecule has 1 aromatic carbocycles. The molecule has 1 heterocycles. The van der Waals surface area contributed by atoms with E-state index in [4.69, 9.17) is 5.73 Å². The van der Waals surface area contributed by atoms with Gasteiger partial charge in [0, 0.05) is 12.2 Å². The Morgan fingerprint density at radius 3 is 2.50 bits per heavy atom. The van der Waals surface area contributed by atoms with E-state index < -0.39 is 11.7 Å². The number of rotatable bonds is 8. The fourth-order valence-electron chi connectivity index (χ4n) is 2.48. The first-order valence-corrected chi connectivity index (χ1v) is 8.87. The van der Waals surface area contributed by atoms with Crippen molar-refractivity contribution in [2.24, 2.45) is 5.73 Å². The molecule has 0 unspecified atom stereocenters. The summed E-state index contributed by atoms with van der Waals surface area (Å²) in [7, 11) is 1.70. The van der Waals surface area contributed by atoms with Gasteiger partial charge in [0.15, 0.2) is 11.5 Å². The van der Waals surface area contributed by atoms with E-state index in [-0.39, 0.29) is 23.5 Å². The molecular formula is C19H25FN6O2. The minimum atomic E-state index is -0.726. The standard InChI is InChI=1S/C19H25FN6O2/c1-10-11(2)25-18(16(24-10)17(21)27)26-15-8-13(7-14(20)9-15)5-6-23-19(28)12(3)22-4/h7-9,12,22H,5-6H2,1-4H3,(H2,21,27)(H,23,28)(H,25,26)/t12-/m0/s1. The molecule has 0 saturated carbocycles. The highest BCUT2D eigenvalue weighted by Crippen LogP contribution is 2.21. The van der Waals surface area contributed by atoms with Crippen molar-refractivity contribution in [3.8, 4) is 0 Å². The lowest BCUT2D eigenvalue weighted by molar-refractivity contribution is -0.122. The van der Waals surface area contributed by atoms with Crippen LogP contribution in [0.2, 0.25) is 0 Å². The van der Waals surface area contributed by atoms with Gasteiger partial charge in [0.05, 0.1) is 17.4 Å². The summed E-state index contributed by atoms with van der Waals surface area (Å²) in [5.74, 6) is -1.14. The Hall–Kier alpha value is -3.07. The first-order valence-electron chi connectivity index (χ1n) is 8.87. The van der Waals surface area contributed by atoms with E-state index in [0.29, 0.717) is 35.6 Å². The number of aryl methyl sites for hydroxylation is 2. The summed E-state index contributed by atoms with van der Waals surface area (Å²) in [4.78, 5) is 31.9. The van der Waals surface area contributed by atoms with Gasteiger partial charge in [-0.25, -0.2) is 14.4 Å². The lowest BCUT2D eigenvalue weighted by atomic mass is 10.1. The zero-order valence-corrected chi connectivity index (χ0v) is 16.4. The van der Waals surface area contributed by atoms with Crippen LogP contribution in [0.25, 0.3) is 0 Å². The number of likely N-dealkylation sites (N-methyl/N-ethyl adjacent to an activating group) is 1. The number of amides is 2. The van der Waals surface area contributed by atoms with Crippen molar-refractivity contribution in [2.45, 2.75) is 33.2 Å². The third-order valence-electron chi connectivity index (χ3n) is 4.30. The van der Waals surface area contributed by atoms with Crippen LogP contribution in [-0.2, 0) is 11.2 Å². The van der Waals surface area contributed by atoms with Crippen molar-refractivity contribution in [3.63, 3.8) is 0 Å². The molecule has 2 aromatic rings. The van der Waals surface area contributed by atoms with Crippen LogP contribution < -0.4 is 21.7 Å². The fourth-order valence-corrected chi connectivity index (χ4v) is 2.48. The number of hydrogen-bond donors (Lipinski definition) is 4. The molecule has 0 bridgehead atoms. The molecule has 1 atom stereocenters. The summed E-state index contributed by atoms with van der Waals surface area (Å²) in [6, 6.07) is 4.09. The smallest absolute Gasteiger partial charge is 0.271 e. The molecule has 0 radical (unpaired) electrons. The molecule has 150 valence electrons. The molecule has 28 heavy (non-hydrogen) atoms. The average Bonchev–Trinajstić information content (AvgIpc) is 2.63. The zero-order valence-electron chi connectivity index (χ0n) is 16.4. The molecule has 2 rings (SSSR count). The van der Waals surface area contributed by atoms with E-state index in [1.165, 1.54) is 12.1 Å². The number of aromatic nitrogens is 2. The van der Waals surface area contributed by atoms with Gasteiger partial charge in [-0.05, 0) is 58.0 Å². The van der Waals surface area contributed by atoms with Gasteiger partial charge in [0.2, 0.25) is 5.91 Å². The summed E-state index contributed by atoms with van der Waals surface area (Å²) in [5.41, 5.74) is 7.67. The maximum atomic E-state index is 14.0. The van der Waals surface area contributed by atoms with E-state index in [9.17, 15) is 14.0 Å². The number of carbonyl (C=O) groups excluding carboxylic acids is 2. The van der Waals surface area contributed by atoms with E-state index in [1.54, 1.807) is 33.9 Å². The average molecular weight is 388 g/mol. The lowest BCUT2D eigenvalue weighted by Crippen LogP contribution is -2.41. The molecule has 0 spiro atoms. The third-order valence-corrected chi connectivity index (χ3v) is 4.30. The van der Waals surface area contributed by atoms with Gasteiger partial charge in [0.1, 0.15) is 5.82 Å². The first kappa shape index (κ1) is 21.2. The molecule has 9 heteroatoms. The SMILES string of the molecule is CN[C@@H](C)C(=O)NCCc1cc(F)cc(Nc2nc(C)c(C)nc2C(N)=O)c1. The van der Waals surface area contributed by atoms with E-state index in [2.05, 4.69) is 25.9 Å². The first-order chi connectivity index (χ1) is 13.2. The summed E-state index contributed by atoms with van der Waals surface area (Å²) < 4.78 is 14.0. The molecule has 0 aliphatic carbocycles. The van der Waals surface area contributed by atoms with Gasteiger partial charge in [-0.3, -0.25) is 9.59 Å². The number of benzene rings is 1. The van der Waals surface area contributed by atoms with Gasteiger partial charge in [-0.2, -0.15) is 0 Å². The number of anilines is 2. The van der Waals surface area contributed by atoms with E-state index in [1.807, 2.05) is 0 Å². The Bertz CT molecular complexity index is 887. The van der Waals surface area contributed by atoms with Gasteiger partial charge < -0.3 is 21.7 Å². The highest BCUT2D eigenvalue weighted by molar-refractivity contribution is 5.96. The number of nitrogens with zero attached hydrogens (tertiary/aromatic N) is 2. The Morgan fingerprint density at radius 2 is 1.86 bits per heavy atom. The lowest BCUT2D eigenvalue weighted by Gasteiger charge is -2.13. The molecule has 0 fully saturated rings. The highest BCUT2D eigenvalue weighted by Gasteiger charge is 2.15. The van der Waals surface area contributed by atoms with Crippen molar-refractivity contribution in [3.05, 3.63) is 46.7 Å². The fraction of sp³-hybridized carbons (Fsp3) is 0.368. The maximum Gasteiger partial charge on any atom is 0.271 e. The van der Waals surface area contributed by atoms with Crippen LogP contribution in [-0.4, -0.2) is 41.4 Å². The van der Waals surface area contributed by atoms with Crippen LogP contribution in [0.3, 0.4) is 0 Å². The number of carbonyl (C=O) groups is 2. The molecule has 5 N–H and O–H groups in total. The van der Waals surface area contributed by atoms with Crippen LogP contribution in [0.1, 0.15) is 34.4 Å². The van der Waals surface area contributed by atoms with Gasteiger partial charge in [0.25, 0.3) is 5.91 Å². The van der Waals surface area contributed by atoms with Crippen molar-refractivity contribution >= 4 is 23.3 Å². The number of primary amides is 1. The number of nitrogens with one attached hydrogen (secondary N) is 3. The van der Waals surface area contributed by atoms with Crippen molar-refractivity contribution in [1.82, 2.24) is 20.6 Å². The van der Waals surface area contributed by atoms with Gasteiger partial charge >= 0.3 is 0 Å². The minimum absolute atomic E-state index is 0.0118. The van der Waals surface area contributed by atoms with Gasteiger partial charge in [-0.15, -0.1) is 0 Å². The Balaban J connectivity index is 2.17. The predicted octanol–water partition coefficient (Wildman–Crippen LogP) is 1.34. The molecule has 0 aliphatic rings. The van der Waals surface area contributed by atoms with Gasteiger partial charge in [-0.1, -0.05) is 0 Å². The quantitative estimate of drug-likeness (QED) is 0.541. The number of nitrogens with two attached hydrogens (primary N) is 1. The largest absolute Gasteiger partial charge is 0.364 e. The van der Waals surface area contributed by atoms with Crippen LogP contribution in [0.4, 0.5) is 15.9 Å². The second kappa shape index (κ2) is 9.23. The van der Waals surface area contributed by atoms with Crippen LogP contribution in [0.5, 0.6) is 0 Å². The molecule has 1 aromatic heterocycles. The Kier molecular flexibility index (Phi) is 7.00. The summed E-state index contributed by atoms with van der Waals surface area (Å²) in [6.45, 7) is 5.59. The van der Waals surface area contributed by atoms with E-state index in [0.717, 1.165) is 0 Å². The zero-order chi connectivity index (χ0) is 20.8. The minimum Gasteiger partial charge on any atom is -0.364 e. The molecular weight excluding hydrogens is 363 g/mol. The molecule has 8 nitrogen and oxygen atoms in total. The Morgan fingerprint density at radius 1 is 1.18 bits per heavy atom. The second-order valence-corrected chi connectivity index (χ2v) is 6.48. The number of halogens is 1. The van der Waals surface area contributed by atoms with Crippen LogP contribution in [0.15, 0.2) is 18.2 Å². The highest BCUT2D eigenvalue weighted by atomic mass is 19.1. The topological polar surface area (TPSA) is 122 Å². The van der Waals surface area contributed by atoms with Crippen LogP contribution in [0, 0.1) is 19.7 Å². The molecule has 0 saturated heterocycles. The summed E-state index contributed by atoms with van der Waals surface area (Å²) in [6.07, 6.45) is 0.440. The van der Waals surface area contributed by atoms with E-state index >= 15 is 0 Å². The third kappa shape index (κ3) is 5.46. The molecule has 2 amide bonds.